The lowest BCUT2D eigenvalue weighted by Gasteiger charge is -2.03. The summed E-state index contributed by atoms with van der Waals surface area (Å²) >= 11 is 12.1. The van der Waals surface area contributed by atoms with Crippen LogP contribution in [0.15, 0.2) is 53.2 Å². The summed E-state index contributed by atoms with van der Waals surface area (Å²) in [5, 5.41) is 0.596. The summed E-state index contributed by atoms with van der Waals surface area (Å²) < 4.78 is 10.2. The fourth-order valence-corrected chi connectivity index (χ4v) is 2.57. The average molecular weight is 376 g/mol. The Bertz CT molecular complexity index is 934. The summed E-state index contributed by atoms with van der Waals surface area (Å²) in [6, 6.07) is 11.7. The first-order valence-corrected chi connectivity index (χ1v) is 7.95. The molecule has 0 aromatic heterocycles. The van der Waals surface area contributed by atoms with Crippen molar-refractivity contribution in [3.05, 3.63) is 69.3 Å². The van der Waals surface area contributed by atoms with Crippen molar-refractivity contribution >= 4 is 47.1 Å². The highest BCUT2D eigenvalue weighted by Crippen LogP contribution is 2.29. The number of cyclic esters (lactones) is 1. The molecule has 25 heavy (non-hydrogen) atoms. The maximum atomic E-state index is 12.1. The van der Waals surface area contributed by atoms with Gasteiger partial charge in [0.1, 0.15) is 5.75 Å². The van der Waals surface area contributed by atoms with Crippen LogP contribution in [0.3, 0.4) is 0 Å². The van der Waals surface area contributed by atoms with Crippen molar-refractivity contribution < 1.29 is 19.1 Å². The van der Waals surface area contributed by atoms with E-state index in [1.54, 1.807) is 42.5 Å². The third-order valence-electron chi connectivity index (χ3n) is 3.23. The molecule has 1 aliphatic rings. The molecule has 0 saturated carbocycles. The number of hydrogen-bond donors (Lipinski definition) is 0. The van der Waals surface area contributed by atoms with E-state index < -0.39 is 11.9 Å². The van der Waals surface area contributed by atoms with Crippen LogP contribution in [0.1, 0.15) is 18.1 Å². The van der Waals surface area contributed by atoms with Gasteiger partial charge in [-0.05, 0) is 35.9 Å². The maximum absolute atomic E-state index is 12.1. The van der Waals surface area contributed by atoms with Crippen LogP contribution in [0.25, 0.3) is 6.08 Å². The SMILES string of the molecule is CC(=O)Oc1cccc(/C=C2/N=C(c3cccc(Cl)c3Cl)OC2=O)c1. The van der Waals surface area contributed by atoms with Crippen molar-refractivity contribution in [3.8, 4) is 5.75 Å². The van der Waals surface area contributed by atoms with Crippen LogP contribution in [-0.2, 0) is 14.3 Å². The van der Waals surface area contributed by atoms with E-state index in [9.17, 15) is 9.59 Å². The summed E-state index contributed by atoms with van der Waals surface area (Å²) in [6.07, 6.45) is 1.53. The minimum Gasteiger partial charge on any atom is -0.427 e. The van der Waals surface area contributed by atoms with Gasteiger partial charge in [0.25, 0.3) is 0 Å². The fourth-order valence-electron chi connectivity index (χ4n) is 2.18. The summed E-state index contributed by atoms with van der Waals surface area (Å²) in [5.74, 6) is -0.583. The molecule has 1 heterocycles. The Hall–Kier alpha value is -2.63. The predicted molar refractivity (Wildman–Crippen MR) is 94.8 cm³/mol. The molecule has 0 radical (unpaired) electrons. The molecule has 0 spiro atoms. The van der Waals surface area contributed by atoms with Gasteiger partial charge >= 0.3 is 11.9 Å². The van der Waals surface area contributed by atoms with E-state index in [2.05, 4.69) is 4.99 Å². The molecule has 0 saturated heterocycles. The van der Waals surface area contributed by atoms with Crippen molar-refractivity contribution in [1.29, 1.82) is 0 Å². The first-order chi connectivity index (χ1) is 11.9. The Kier molecular flexibility index (Phi) is 4.88. The zero-order chi connectivity index (χ0) is 18.0. The number of hydrogen-bond acceptors (Lipinski definition) is 5. The zero-order valence-electron chi connectivity index (χ0n) is 13.0. The standard InChI is InChI=1S/C18H11Cl2NO4/c1-10(22)24-12-5-2-4-11(8-12)9-15-18(23)25-17(21-15)13-6-3-7-14(19)16(13)20/h2-9H,1H3/b15-9+. The number of benzene rings is 2. The molecular formula is C18H11Cl2NO4. The summed E-state index contributed by atoms with van der Waals surface area (Å²) in [6.45, 7) is 1.31. The Balaban J connectivity index is 1.94. The van der Waals surface area contributed by atoms with Crippen molar-refractivity contribution in [3.63, 3.8) is 0 Å². The smallest absolute Gasteiger partial charge is 0.363 e. The number of nitrogens with zero attached hydrogens (tertiary/aromatic N) is 1. The number of rotatable bonds is 3. The van der Waals surface area contributed by atoms with E-state index in [0.717, 1.165) is 0 Å². The second kappa shape index (κ2) is 7.09. The van der Waals surface area contributed by atoms with Gasteiger partial charge in [0, 0.05) is 6.92 Å². The third kappa shape index (κ3) is 3.90. The van der Waals surface area contributed by atoms with Gasteiger partial charge in [0.15, 0.2) is 5.70 Å². The molecule has 126 valence electrons. The maximum Gasteiger partial charge on any atom is 0.363 e. The van der Waals surface area contributed by atoms with Gasteiger partial charge in [-0.25, -0.2) is 9.79 Å². The van der Waals surface area contributed by atoms with Gasteiger partial charge in [-0.1, -0.05) is 41.4 Å². The van der Waals surface area contributed by atoms with Crippen molar-refractivity contribution in [2.45, 2.75) is 6.92 Å². The van der Waals surface area contributed by atoms with E-state index in [4.69, 9.17) is 32.7 Å². The fraction of sp³-hybridized carbons (Fsp3) is 0.0556. The van der Waals surface area contributed by atoms with Gasteiger partial charge in [0.2, 0.25) is 5.90 Å². The number of carbonyl (C=O) groups excluding carboxylic acids is 2. The van der Waals surface area contributed by atoms with Crippen LogP contribution in [0.4, 0.5) is 0 Å². The van der Waals surface area contributed by atoms with Crippen LogP contribution in [0.5, 0.6) is 5.75 Å². The Labute approximate surface area is 153 Å². The quantitative estimate of drug-likeness (QED) is 0.456. The van der Waals surface area contributed by atoms with Crippen LogP contribution in [-0.4, -0.2) is 17.8 Å². The van der Waals surface area contributed by atoms with Gasteiger partial charge in [-0.15, -0.1) is 0 Å². The molecule has 0 atom stereocenters. The Morgan fingerprint density at radius 2 is 1.96 bits per heavy atom. The minimum absolute atomic E-state index is 0.0832. The topological polar surface area (TPSA) is 65.0 Å². The molecule has 0 unspecified atom stereocenters. The van der Waals surface area contributed by atoms with Crippen molar-refractivity contribution in [2.75, 3.05) is 0 Å². The number of ether oxygens (including phenoxy) is 2. The predicted octanol–water partition coefficient (Wildman–Crippen LogP) is 4.26. The third-order valence-corrected chi connectivity index (χ3v) is 4.04. The van der Waals surface area contributed by atoms with Crippen LogP contribution < -0.4 is 4.74 Å². The molecule has 5 nitrogen and oxygen atoms in total. The van der Waals surface area contributed by atoms with Gasteiger partial charge < -0.3 is 9.47 Å². The number of halogens is 2. The number of esters is 2. The highest BCUT2D eigenvalue weighted by Gasteiger charge is 2.26. The molecular weight excluding hydrogens is 365 g/mol. The molecule has 2 aromatic rings. The highest BCUT2D eigenvalue weighted by molar-refractivity contribution is 6.44. The highest BCUT2D eigenvalue weighted by atomic mass is 35.5. The average Bonchev–Trinajstić information content (AvgIpc) is 2.90. The summed E-state index contributed by atoms with van der Waals surface area (Å²) in [7, 11) is 0. The molecule has 0 fully saturated rings. The monoisotopic (exact) mass is 375 g/mol. The molecule has 7 heteroatoms. The van der Waals surface area contributed by atoms with Crippen LogP contribution >= 0.6 is 23.2 Å². The number of aliphatic imine (C=N–C) groups is 1. The lowest BCUT2D eigenvalue weighted by molar-refractivity contribution is -0.132. The lowest BCUT2D eigenvalue weighted by Crippen LogP contribution is -2.06. The normalized spacial score (nSPS) is 15.1. The zero-order valence-corrected chi connectivity index (χ0v) is 14.5. The van der Waals surface area contributed by atoms with Gasteiger partial charge in [-0.2, -0.15) is 0 Å². The first kappa shape index (κ1) is 17.2. The molecule has 0 bridgehead atoms. The minimum atomic E-state index is -0.607. The van der Waals surface area contributed by atoms with Gasteiger partial charge in [-0.3, -0.25) is 4.79 Å². The van der Waals surface area contributed by atoms with E-state index >= 15 is 0 Å². The van der Waals surface area contributed by atoms with E-state index in [0.29, 0.717) is 21.9 Å². The van der Waals surface area contributed by atoms with E-state index in [1.165, 1.54) is 13.0 Å². The second-order valence-electron chi connectivity index (χ2n) is 5.10. The molecule has 0 N–H and O–H groups in total. The van der Waals surface area contributed by atoms with Crippen molar-refractivity contribution in [1.82, 2.24) is 0 Å². The van der Waals surface area contributed by atoms with Gasteiger partial charge in [0.05, 0.1) is 15.6 Å². The Morgan fingerprint density at radius 3 is 2.72 bits per heavy atom. The molecule has 3 rings (SSSR count). The molecule has 0 amide bonds. The van der Waals surface area contributed by atoms with Crippen molar-refractivity contribution in [2.24, 2.45) is 4.99 Å². The molecule has 0 aliphatic carbocycles. The lowest BCUT2D eigenvalue weighted by atomic mass is 10.2. The molecule has 2 aromatic carbocycles. The van der Waals surface area contributed by atoms with E-state index in [1.807, 2.05) is 0 Å². The second-order valence-corrected chi connectivity index (χ2v) is 5.89. The Morgan fingerprint density at radius 1 is 1.20 bits per heavy atom. The van der Waals surface area contributed by atoms with Crippen LogP contribution in [0, 0.1) is 0 Å². The summed E-state index contributed by atoms with van der Waals surface area (Å²) in [4.78, 5) is 27.3. The largest absolute Gasteiger partial charge is 0.427 e. The summed E-state index contributed by atoms with van der Waals surface area (Å²) in [5.41, 5.74) is 1.17. The van der Waals surface area contributed by atoms with E-state index in [-0.39, 0.29) is 16.6 Å². The van der Waals surface area contributed by atoms with Crippen LogP contribution in [0.2, 0.25) is 10.0 Å². The number of carbonyl (C=O) groups is 2. The molecule has 1 aliphatic heterocycles. The first-order valence-electron chi connectivity index (χ1n) is 7.19.